The molecule has 3 aromatic heterocycles. The Bertz CT molecular complexity index is 864. The van der Waals surface area contributed by atoms with Gasteiger partial charge in [0.15, 0.2) is 5.65 Å². The number of anilines is 1. The highest BCUT2D eigenvalue weighted by Crippen LogP contribution is 2.18. The summed E-state index contributed by atoms with van der Waals surface area (Å²) in [5, 5.41) is 7.55. The van der Waals surface area contributed by atoms with E-state index in [1.807, 2.05) is 12.1 Å². The van der Waals surface area contributed by atoms with Crippen molar-refractivity contribution in [2.75, 3.05) is 5.32 Å². The van der Waals surface area contributed by atoms with Gasteiger partial charge in [0.1, 0.15) is 11.6 Å². The first-order valence-electron chi connectivity index (χ1n) is 7.18. The highest BCUT2D eigenvalue weighted by molar-refractivity contribution is 5.49. The summed E-state index contributed by atoms with van der Waals surface area (Å²) in [5.41, 5.74) is 2.32. The number of hydrogen-bond acceptors (Lipinski definition) is 5. The highest BCUT2D eigenvalue weighted by atomic mass is 16.1. The number of fused-ring (bicyclic) bond motifs is 1. The third kappa shape index (κ3) is 2.83. The van der Waals surface area contributed by atoms with Crippen molar-refractivity contribution in [3.63, 3.8) is 0 Å². The summed E-state index contributed by atoms with van der Waals surface area (Å²) < 4.78 is 1.74. The van der Waals surface area contributed by atoms with E-state index in [4.69, 9.17) is 0 Å². The summed E-state index contributed by atoms with van der Waals surface area (Å²) in [5.74, 6) is 1.75. The fourth-order valence-electron chi connectivity index (χ4n) is 2.27. The third-order valence-electron chi connectivity index (χ3n) is 3.33. The summed E-state index contributed by atoms with van der Waals surface area (Å²) in [6, 6.07) is 5.34. The lowest BCUT2D eigenvalue weighted by atomic mass is 10.1. The molecule has 0 radical (unpaired) electrons. The van der Waals surface area contributed by atoms with Crippen molar-refractivity contribution < 1.29 is 0 Å². The SMILES string of the molecule is Cc1nc(CNc2cc(C(C)C)nc3ccnn23)cc(=O)[nH]1. The van der Waals surface area contributed by atoms with Crippen LogP contribution in [0.15, 0.2) is 29.2 Å². The second-order valence-corrected chi connectivity index (χ2v) is 5.50. The van der Waals surface area contributed by atoms with E-state index in [2.05, 4.69) is 39.2 Å². The molecule has 2 N–H and O–H groups in total. The van der Waals surface area contributed by atoms with Crippen molar-refractivity contribution in [2.45, 2.75) is 33.2 Å². The number of aromatic amines is 1. The topological polar surface area (TPSA) is 88.0 Å². The molecular formula is C15H18N6O. The standard InChI is InChI=1S/C15H18N6O/c1-9(2)12-7-14(21-13(20-12)4-5-17-21)16-8-11-6-15(22)19-10(3)18-11/h4-7,9,16H,8H2,1-3H3,(H,18,19,22). The van der Waals surface area contributed by atoms with Gasteiger partial charge in [-0.15, -0.1) is 0 Å². The minimum absolute atomic E-state index is 0.147. The first kappa shape index (κ1) is 14.2. The van der Waals surface area contributed by atoms with Gasteiger partial charge in [0, 0.05) is 23.9 Å². The fourth-order valence-corrected chi connectivity index (χ4v) is 2.27. The summed E-state index contributed by atoms with van der Waals surface area (Å²) in [7, 11) is 0. The Morgan fingerprint density at radius 2 is 2.14 bits per heavy atom. The van der Waals surface area contributed by atoms with Crippen molar-refractivity contribution in [1.29, 1.82) is 0 Å². The maximum absolute atomic E-state index is 11.5. The lowest BCUT2D eigenvalue weighted by Gasteiger charge is -2.12. The number of H-pyrrole nitrogens is 1. The molecule has 7 nitrogen and oxygen atoms in total. The van der Waals surface area contributed by atoms with Crippen molar-refractivity contribution in [1.82, 2.24) is 24.6 Å². The average Bonchev–Trinajstić information content (AvgIpc) is 2.91. The van der Waals surface area contributed by atoms with Gasteiger partial charge in [-0.1, -0.05) is 13.8 Å². The van der Waals surface area contributed by atoms with Crippen LogP contribution in [0.3, 0.4) is 0 Å². The van der Waals surface area contributed by atoms with Gasteiger partial charge in [0.2, 0.25) is 0 Å². The van der Waals surface area contributed by atoms with E-state index in [9.17, 15) is 4.79 Å². The number of aromatic nitrogens is 5. The largest absolute Gasteiger partial charge is 0.364 e. The number of aryl methyl sites for hydroxylation is 1. The van der Waals surface area contributed by atoms with E-state index in [-0.39, 0.29) is 5.56 Å². The Balaban J connectivity index is 1.92. The summed E-state index contributed by atoms with van der Waals surface area (Å²) >= 11 is 0. The number of nitrogens with zero attached hydrogens (tertiary/aromatic N) is 4. The van der Waals surface area contributed by atoms with Crippen molar-refractivity contribution in [3.05, 3.63) is 52.0 Å². The minimum Gasteiger partial charge on any atom is -0.364 e. The smallest absolute Gasteiger partial charge is 0.251 e. The summed E-state index contributed by atoms with van der Waals surface area (Å²) in [6.45, 7) is 6.41. The second-order valence-electron chi connectivity index (χ2n) is 5.50. The molecule has 22 heavy (non-hydrogen) atoms. The Morgan fingerprint density at radius 3 is 2.86 bits per heavy atom. The first-order chi connectivity index (χ1) is 10.5. The van der Waals surface area contributed by atoms with Crippen LogP contribution in [-0.2, 0) is 6.54 Å². The second kappa shape index (κ2) is 5.59. The zero-order valence-electron chi connectivity index (χ0n) is 12.8. The van der Waals surface area contributed by atoms with E-state index in [0.717, 1.165) is 17.2 Å². The van der Waals surface area contributed by atoms with E-state index >= 15 is 0 Å². The van der Waals surface area contributed by atoms with Gasteiger partial charge >= 0.3 is 0 Å². The van der Waals surface area contributed by atoms with Gasteiger partial charge in [-0.2, -0.15) is 9.61 Å². The lowest BCUT2D eigenvalue weighted by Crippen LogP contribution is -2.14. The summed E-state index contributed by atoms with van der Waals surface area (Å²) in [6.07, 6.45) is 1.72. The van der Waals surface area contributed by atoms with Crippen molar-refractivity contribution in [3.8, 4) is 0 Å². The molecule has 0 amide bonds. The van der Waals surface area contributed by atoms with Crippen LogP contribution in [-0.4, -0.2) is 24.6 Å². The van der Waals surface area contributed by atoms with E-state index in [1.54, 1.807) is 17.6 Å². The van der Waals surface area contributed by atoms with Crippen molar-refractivity contribution >= 4 is 11.5 Å². The molecule has 0 aliphatic rings. The number of nitrogens with one attached hydrogen (secondary N) is 2. The molecule has 0 unspecified atom stereocenters. The maximum atomic E-state index is 11.5. The molecule has 0 fully saturated rings. The van der Waals surface area contributed by atoms with Gasteiger partial charge in [-0.05, 0) is 12.8 Å². The lowest BCUT2D eigenvalue weighted by molar-refractivity contribution is 0.807. The predicted octanol–water partition coefficient (Wildman–Crippen LogP) is 1.86. The third-order valence-corrected chi connectivity index (χ3v) is 3.33. The zero-order chi connectivity index (χ0) is 15.7. The molecule has 3 rings (SSSR count). The molecule has 0 aliphatic carbocycles. The zero-order valence-corrected chi connectivity index (χ0v) is 12.8. The van der Waals surface area contributed by atoms with Crippen LogP contribution in [0.2, 0.25) is 0 Å². The van der Waals surface area contributed by atoms with E-state index in [0.29, 0.717) is 24.0 Å². The van der Waals surface area contributed by atoms with E-state index in [1.165, 1.54) is 6.07 Å². The molecule has 3 aromatic rings. The maximum Gasteiger partial charge on any atom is 0.251 e. The molecule has 0 bridgehead atoms. The molecule has 0 spiro atoms. The molecular weight excluding hydrogens is 280 g/mol. The van der Waals surface area contributed by atoms with Gasteiger partial charge in [0.25, 0.3) is 5.56 Å². The van der Waals surface area contributed by atoms with Crippen molar-refractivity contribution in [2.24, 2.45) is 0 Å². The Kier molecular flexibility index (Phi) is 3.62. The van der Waals surface area contributed by atoms with Crippen LogP contribution >= 0.6 is 0 Å². The Morgan fingerprint density at radius 1 is 1.32 bits per heavy atom. The molecule has 0 saturated carbocycles. The van der Waals surface area contributed by atoms with E-state index < -0.39 is 0 Å². The van der Waals surface area contributed by atoms with Crippen LogP contribution in [0.4, 0.5) is 5.82 Å². The Hall–Kier alpha value is -2.70. The van der Waals surface area contributed by atoms with Gasteiger partial charge in [0.05, 0.1) is 18.4 Å². The highest BCUT2D eigenvalue weighted by Gasteiger charge is 2.09. The Labute approximate surface area is 127 Å². The van der Waals surface area contributed by atoms with Gasteiger partial charge in [-0.3, -0.25) is 4.79 Å². The quantitative estimate of drug-likeness (QED) is 0.767. The molecule has 0 aliphatic heterocycles. The fraction of sp³-hybridized carbons (Fsp3) is 0.333. The van der Waals surface area contributed by atoms with Crippen LogP contribution in [0.5, 0.6) is 0 Å². The van der Waals surface area contributed by atoms with Gasteiger partial charge < -0.3 is 10.3 Å². The minimum atomic E-state index is -0.147. The molecule has 0 aromatic carbocycles. The normalized spacial score (nSPS) is 11.3. The molecule has 0 saturated heterocycles. The van der Waals surface area contributed by atoms with Gasteiger partial charge in [-0.25, -0.2) is 9.97 Å². The average molecular weight is 298 g/mol. The summed E-state index contributed by atoms with van der Waals surface area (Å²) in [4.78, 5) is 23.0. The number of hydrogen-bond donors (Lipinski definition) is 2. The van der Waals surface area contributed by atoms with Crippen LogP contribution in [0.1, 0.15) is 37.0 Å². The predicted molar refractivity (Wildman–Crippen MR) is 84.0 cm³/mol. The number of rotatable bonds is 4. The monoisotopic (exact) mass is 298 g/mol. The van der Waals surface area contributed by atoms with Crippen LogP contribution < -0.4 is 10.9 Å². The first-order valence-corrected chi connectivity index (χ1v) is 7.18. The molecule has 7 heteroatoms. The van der Waals surface area contributed by atoms with Crippen LogP contribution in [0.25, 0.3) is 5.65 Å². The molecule has 3 heterocycles. The molecule has 0 atom stereocenters. The van der Waals surface area contributed by atoms with Crippen LogP contribution in [0, 0.1) is 6.92 Å². The molecule has 114 valence electrons.